The summed E-state index contributed by atoms with van der Waals surface area (Å²) in [6.45, 7) is 3.64. The molecule has 1 heteroatoms. The molecule has 0 aromatic rings. The van der Waals surface area contributed by atoms with E-state index in [-0.39, 0.29) is 0 Å². The number of hydrogen-bond acceptors (Lipinski definition) is 1. The van der Waals surface area contributed by atoms with Crippen LogP contribution in [0.3, 0.4) is 0 Å². The van der Waals surface area contributed by atoms with Crippen molar-refractivity contribution in [2.75, 3.05) is 6.54 Å². The van der Waals surface area contributed by atoms with Crippen molar-refractivity contribution < 1.29 is 0 Å². The lowest BCUT2D eigenvalue weighted by Crippen LogP contribution is -2.34. The summed E-state index contributed by atoms with van der Waals surface area (Å²) in [5.41, 5.74) is 1.75. The van der Waals surface area contributed by atoms with E-state index < -0.39 is 0 Å². The molecule has 0 aromatic carbocycles. The van der Waals surface area contributed by atoms with Gasteiger partial charge >= 0.3 is 0 Å². The minimum Gasteiger partial charge on any atom is -0.372 e. The molecule has 0 bridgehead atoms. The smallest absolute Gasteiger partial charge is 0.0321 e. The summed E-state index contributed by atoms with van der Waals surface area (Å²) in [6.07, 6.45) is 14.1. The topological polar surface area (TPSA) is 3.24 Å². The number of nitrogens with zero attached hydrogens (tertiary/aromatic N) is 1. The third-order valence-corrected chi connectivity index (χ3v) is 4.95. The summed E-state index contributed by atoms with van der Waals surface area (Å²) in [6, 6.07) is 0.919. The van der Waals surface area contributed by atoms with E-state index in [2.05, 4.69) is 17.9 Å². The number of rotatable bonds is 2. The van der Waals surface area contributed by atoms with Crippen LogP contribution in [0.1, 0.15) is 58.3 Å². The van der Waals surface area contributed by atoms with Gasteiger partial charge in [-0.3, -0.25) is 0 Å². The van der Waals surface area contributed by atoms with Gasteiger partial charge in [0.2, 0.25) is 0 Å². The van der Waals surface area contributed by atoms with E-state index in [0.717, 1.165) is 17.9 Å². The van der Waals surface area contributed by atoms with E-state index in [1.807, 2.05) is 0 Å². The molecule has 16 heavy (non-hydrogen) atoms. The van der Waals surface area contributed by atoms with Crippen molar-refractivity contribution in [2.24, 2.45) is 11.8 Å². The van der Waals surface area contributed by atoms with Gasteiger partial charge in [-0.15, -0.1) is 0 Å². The molecule has 0 spiro atoms. The van der Waals surface area contributed by atoms with Crippen molar-refractivity contribution in [1.82, 2.24) is 4.90 Å². The Bertz CT molecular complexity index is 281. The molecule has 0 amide bonds. The molecule has 1 saturated carbocycles. The van der Waals surface area contributed by atoms with E-state index in [1.54, 1.807) is 5.70 Å². The van der Waals surface area contributed by atoms with Gasteiger partial charge in [-0.25, -0.2) is 0 Å². The van der Waals surface area contributed by atoms with Crippen LogP contribution in [-0.2, 0) is 0 Å². The molecule has 2 aliphatic carbocycles. The molecule has 3 rings (SSSR count). The number of fused-ring (bicyclic) bond motifs is 3. The highest BCUT2D eigenvalue weighted by Gasteiger charge is 2.45. The van der Waals surface area contributed by atoms with Gasteiger partial charge in [-0.05, 0) is 44.4 Å². The Morgan fingerprint density at radius 3 is 2.94 bits per heavy atom. The molecule has 0 aromatic heterocycles. The first-order valence-corrected chi connectivity index (χ1v) is 7.38. The number of allylic oxidation sites excluding steroid dienone is 2. The summed E-state index contributed by atoms with van der Waals surface area (Å²) in [7, 11) is 0. The fourth-order valence-electron chi connectivity index (χ4n) is 4.37. The largest absolute Gasteiger partial charge is 0.372 e. The zero-order valence-electron chi connectivity index (χ0n) is 10.6. The molecule has 90 valence electrons. The quantitative estimate of drug-likeness (QED) is 0.679. The van der Waals surface area contributed by atoms with Gasteiger partial charge in [-0.1, -0.05) is 25.8 Å². The second kappa shape index (κ2) is 4.43. The highest BCUT2D eigenvalue weighted by Crippen LogP contribution is 2.49. The Morgan fingerprint density at radius 1 is 1.19 bits per heavy atom. The highest BCUT2D eigenvalue weighted by molar-refractivity contribution is 5.19. The van der Waals surface area contributed by atoms with Gasteiger partial charge < -0.3 is 4.90 Å². The van der Waals surface area contributed by atoms with Crippen LogP contribution in [0, 0.1) is 11.8 Å². The molecule has 1 aliphatic heterocycles. The standard InChI is InChI=1S/C15H25N/c1-2-11-16-14-9-5-3-7-12(14)13-8-4-6-10-15(13)16/h9,12-13,15H,2-8,10-11H2,1H3. The minimum atomic E-state index is 0.919. The summed E-state index contributed by atoms with van der Waals surface area (Å²) in [4.78, 5) is 2.80. The molecule has 2 fully saturated rings. The predicted molar refractivity (Wildman–Crippen MR) is 68.2 cm³/mol. The Hall–Kier alpha value is -0.460. The van der Waals surface area contributed by atoms with Crippen molar-refractivity contribution >= 4 is 0 Å². The van der Waals surface area contributed by atoms with Gasteiger partial charge in [0.15, 0.2) is 0 Å². The lowest BCUT2D eigenvalue weighted by Gasteiger charge is -2.33. The Balaban J connectivity index is 1.87. The minimum absolute atomic E-state index is 0.919. The average Bonchev–Trinajstić information content (AvgIpc) is 2.66. The van der Waals surface area contributed by atoms with Crippen molar-refractivity contribution in [3.05, 3.63) is 11.8 Å². The van der Waals surface area contributed by atoms with Crippen LogP contribution in [0.15, 0.2) is 11.8 Å². The normalized spacial score (nSPS) is 37.9. The zero-order valence-corrected chi connectivity index (χ0v) is 10.6. The molecule has 0 radical (unpaired) electrons. The molecule has 1 saturated heterocycles. The average molecular weight is 219 g/mol. The Labute approximate surface area is 99.9 Å². The Kier molecular flexibility index (Phi) is 2.95. The lowest BCUT2D eigenvalue weighted by atomic mass is 9.76. The van der Waals surface area contributed by atoms with Crippen molar-refractivity contribution in [3.8, 4) is 0 Å². The molecule has 3 aliphatic rings. The van der Waals surface area contributed by atoms with Crippen LogP contribution in [0.4, 0.5) is 0 Å². The first kappa shape index (κ1) is 10.7. The third-order valence-electron chi connectivity index (χ3n) is 4.95. The fraction of sp³-hybridized carbons (Fsp3) is 0.867. The van der Waals surface area contributed by atoms with Gasteiger partial charge in [-0.2, -0.15) is 0 Å². The van der Waals surface area contributed by atoms with Gasteiger partial charge in [0.1, 0.15) is 0 Å². The molecule has 1 nitrogen and oxygen atoms in total. The highest BCUT2D eigenvalue weighted by atomic mass is 15.2. The van der Waals surface area contributed by atoms with Crippen LogP contribution in [0.25, 0.3) is 0 Å². The monoisotopic (exact) mass is 219 g/mol. The first-order chi connectivity index (χ1) is 7.92. The maximum Gasteiger partial charge on any atom is 0.0321 e. The van der Waals surface area contributed by atoms with Crippen LogP contribution >= 0.6 is 0 Å². The van der Waals surface area contributed by atoms with Crippen LogP contribution in [0.2, 0.25) is 0 Å². The van der Waals surface area contributed by atoms with Crippen molar-refractivity contribution in [3.63, 3.8) is 0 Å². The van der Waals surface area contributed by atoms with Gasteiger partial charge in [0, 0.05) is 24.2 Å². The van der Waals surface area contributed by atoms with E-state index in [9.17, 15) is 0 Å². The molecule has 3 unspecified atom stereocenters. The summed E-state index contributed by atoms with van der Waals surface area (Å²) in [5, 5.41) is 0. The van der Waals surface area contributed by atoms with Gasteiger partial charge in [0.05, 0.1) is 0 Å². The fourth-order valence-corrected chi connectivity index (χ4v) is 4.37. The van der Waals surface area contributed by atoms with Crippen molar-refractivity contribution in [1.29, 1.82) is 0 Å². The second-order valence-electron chi connectivity index (χ2n) is 5.88. The van der Waals surface area contributed by atoms with E-state index in [1.165, 1.54) is 57.9 Å². The van der Waals surface area contributed by atoms with E-state index in [4.69, 9.17) is 0 Å². The van der Waals surface area contributed by atoms with Gasteiger partial charge in [0.25, 0.3) is 0 Å². The Morgan fingerprint density at radius 2 is 2.06 bits per heavy atom. The van der Waals surface area contributed by atoms with E-state index >= 15 is 0 Å². The molecular formula is C15H25N. The van der Waals surface area contributed by atoms with Crippen LogP contribution in [0.5, 0.6) is 0 Å². The number of hydrogen-bond donors (Lipinski definition) is 0. The van der Waals surface area contributed by atoms with Crippen LogP contribution in [-0.4, -0.2) is 17.5 Å². The first-order valence-electron chi connectivity index (χ1n) is 7.38. The molecule has 0 N–H and O–H groups in total. The SMILES string of the molecule is CCCN1C2=CCCCC2C2CCCCC21. The second-order valence-corrected chi connectivity index (χ2v) is 5.88. The molecular weight excluding hydrogens is 194 g/mol. The summed E-state index contributed by atoms with van der Waals surface area (Å²) >= 11 is 0. The summed E-state index contributed by atoms with van der Waals surface area (Å²) in [5.74, 6) is 1.97. The maximum atomic E-state index is 2.80. The number of likely N-dealkylation sites (tertiary alicyclic amines) is 1. The lowest BCUT2D eigenvalue weighted by molar-refractivity contribution is 0.188. The molecule has 1 heterocycles. The molecule has 3 atom stereocenters. The maximum absolute atomic E-state index is 2.80. The predicted octanol–water partition coefficient (Wildman–Crippen LogP) is 3.95. The third kappa shape index (κ3) is 1.59. The zero-order chi connectivity index (χ0) is 11.0. The van der Waals surface area contributed by atoms with E-state index in [0.29, 0.717) is 0 Å². The van der Waals surface area contributed by atoms with Crippen molar-refractivity contribution in [2.45, 2.75) is 64.3 Å². The summed E-state index contributed by atoms with van der Waals surface area (Å²) < 4.78 is 0. The van der Waals surface area contributed by atoms with Crippen LogP contribution < -0.4 is 0 Å².